The van der Waals surface area contributed by atoms with Gasteiger partial charge in [0.15, 0.2) is 5.75 Å². The predicted octanol–water partition coefficient (Wildman–Crippen LogP) is 3.51. The molecule has 1 heterocycles. The Morgan fingerprint density at radius 1 is 1.21 bits per heavy atom. The second-order valence-electron chi connectivity index (χ2n) is 4.09. The van der Waals surface area contributed by atoms with Crippen LogP contribution in [-0.4, -0.2) is 23.0 Å². The van der Waals surface area contributed by atoms with Crippen LogP contribution in [0.3, 0.4) is 0 Å². The van der Waals surface area contributed by atoms with Gasteiger partial charge in [-0.15, -0.1) is 0 Å². The smallest absolute Gasteiger partial charge is 0.157 e. The number of rotatable bonds is 7. The molecule has 0 aliphatic rings. The monoisotopic (exact) mass is 324 g/mol. The van der Waals surface area contributed by atoms with Gasteiger partial charge in [-0.05, 0) is 24.6 Å². The lowest BCUT2D eigenvalue weighted by atomic mass is 10.3. The van der Waals surface area contributed by atoms with Gasteiger partial charge in [0.2, 0.25) is 0 Å². The van der Waals surface area contributed by atoms with Crippen LogP contribution >= 0.6 is 15.9 Å². The number of hydrogen-bond acceptors (Lipinski definition) is 3. The SMILES string of the molecule is CCCn1cc(OCCOc2cccc(Br)c2)cn1. The fourth-order valence-corrected chi connectivity index (χ4v) is 2.02. The molecule has 19 heavy (non-hydrogen) atoms. The molecule has 0 aliphatic heterocycles. The van der Waals surface area contributed by atoms with E-state index in [0.29, 0.717) is 13.2 Å². The number of aryl methyl sites for hydroxylation is 1. The summed E-state index contributed by atoms with van der Waals surface area (Å²) in [5.74, 6) is 1.62. The highest BCUT2D eigenvalue weighted by molar-refractivity contribution is 9.10. The Bertz CT molecular complexity index is 514. The van der Waals surface area contributed by atoms with E-state index >= 15 is 0 Å². The zero-order valence-electron chi connectivity index (χ0n) is 10.9. The first-order chi connectivity index (χ1) is 9.28. The largest absolute Gasteiger partial charge is 0.490 e. The van der Waals surface area contributed by atoms with Gasteiger partial charge in [-0.1, -0.05) is 28.9 Å². The van der Waals surface area contributed by atoms with Crippen LogP contribution in [0.1, 0.15) is 13.3 Å². The van der Waals surface area contributed by atoms with Gasteiger partial charge in [-0.3, -0.25) is 4.68 Å². The maximum Gasteiger partial charge on any atom is 0.157 e. The molecule has 1 aromatic carbocycles. The van der Waals surface area contributed by atoms with Gasteiger partial charge in [0.1, 0.15) is 19.0 Å². The molecule has 0 N–H and O–H groups in total. The topological polar surface area (TPSA) is 36.3 Å². The number of aromatic nitrogens is 2. The normalized spacial score (nSPS) is 10.4. The van der Waals surface area contributed by atoms with Crippen LogP contribution in [0.5, 0.6) is 11.5 Å². The van der Waals surface area contributed by atoms with E-state index in [9.17, 15) is 0 Å². The zero-order valence-corrected chi connectivity index (χ0v) is 12.5. The molecule has 0 fully saturated rings. The second-order valence-corrected chi connectivity index (χ2v) is 5.01. The molecule has 0 saturated carbocycles. The Hall–Kier alpha value is -1.49. The van der Waals surface area contributed by atoms with Crippen LogP contribution in [0.2, 0.25) is 0 Å². The zero-order chi connectivity index (χ0) is 13.5. The maximum atomic E-state index is 5.58. The van der Waals surface area contributed by atoms with E-state index in [-0.39, 0.29) is 0 Å². The van der Waals surface area contributed by atoms with Gasteiger partial charge in [0, 0.05) is 11.0 Å². The lowest BCUT2D eigenvalue weighted by Gasteiger charge is -2.07. The average Bonchev–Trinajstić information content (AvgIpc) is 2.83. The molecular formula is C14H17BrN2O2. The van der Waals surface area contributed by atoms with Gasteiger partial charge in [0.05, 0.1) is 12.4 Å². The third-order valence-electron chi connectivity index (χ3n) is 2.48. The molecule has 0 spiro atoms. The fraction of sp³-hybridized carbons (Fsp3) is 0.357. The van der Waals surface area contributed by atoms with E-state index in [0.717, 1.165) is 28.9 Å². The van der Waals surface area contributed by atoms with E-state index < -0.39 is 0 Å². The molecule has 0 radical (unpaired) electrons. The molecule has 5 heteroatoms. The lowest BCUT2D eigenvalue weighted by molar-refractivity contribution is 0.217. The van der Waals surface area contributed by atoms with Crippen LogP contribution in [0, 0.1) is 0 Å². The molecule has 102 valence electrons. The van der Waals surface area contributed by atoms with Crippen LogP contribution in [0.25, 0.3) is 0 Å². The third-order valence-corrected chi connectivity index (χ3v) is 2.97. The minimum absolute atomic E-state index is 0.504. The summed E-state index contributed by atoms with van der Waals surface area (Å²) in [6.07, 6.45) is 4.70. The second kappa shape index (κ2) is 7.19. The summed E-state index contributed by atoms with van der Waals surface area (Å²) in [6.45, 7) is 4.05. The molecule has 0 aliphatic carbocycles. The van der Waals surface area contributed by atoms with Crippen LogP contribution < -0.4 is 9.47 Å². The van der Waals surface area contributed by atoms with Crippen molar-refractivity contribution in [2.75, 3.05) is 13.2 Å². The summed E-state index contributed by atoms with van der Waals surface area (Å²) >= 11 is 3.40. The predicted molar refractivity (Wildman–Crippen MR) is 77.7 cm³/mol. The number of hydrogen-bond donors (Lipinski definition) is 0. The molecule has 0 atom stereocenters. The van der Waals surface area contributed by atoms with E-state index in [1.807, 2.05) is 35.1 Å². The van der Waals surface area contributed by atoms with E-state index in [1.54, 1.807) is 6.20 Å². The van der Waals surface area contributed by atoms with Crippen molar-refractivity contribution in [3.63, 3.8) is 0 Å². The Labute approximate surface area is 121 Å². The summed E-state index contributed by atoms with van der Waals surface area (Å²) in [6, 6.07) is 7.75. The highest BCUT2D eigenvalue weighted by Crippen LogP contribution is 2.17. The third kappa shape index (κ3) is 4.59. The van der Waals surface area contributed by atoms with Crippen molar-refractivity contribution in [3.05, 3.63) is 41.1 Å². The van der Waals surface area contributed by atoms with Gasteiger partial charge >= 0.3 is 0 Å². The first-order valence-corrected chi connectivity index (χ1v) is 7.11. The molecule has 0 bridgehead atoms. The first-order valence-electron chi connectivity index (χ1n) is 6.31. The number of ether oxygens (including phenoxy) is 2. The van der Waals surface area contributed by atoms with Crippen molar-refractivity contribution in [1.29, 1.82) is 0 Å². The Kier molecular flexibility index (Phi) is 5.27. The Morgan fingerprint density at radius 3 is 2.74 bits per heavy atom. The summed E-state index contributed by atoms with van der Waals surface area (Å²) in [5.41, 5.74) is 0. The minimum atomic E-state index is 0.504. The standard InChI is InChI=1S/C14H17BrN2O2/c1-2-6-17-11-14(10-16-17)19-8-7-18-13-5-3-4-12(15)9-13/h3-5,9-11H,2,6-8H2,1H3. The maximum absolute atomic E-state index is 5.58. The lowest BCUT2D eigenvalue weighted by Crippen LogP contribution is -2.08. The summed E-state index contributed by atoms with van der Waals surface area (Å²) in [4.78, 5) is 0. The van der Waals surface area contributed by atoms with Crippen LogP contribution in [-0.2, 0) is 6.54 Å². The van der Waals surface area contributed by atoms with Crippen molar-refractivity contribution in [2.45, 2.75) is 19.9 Å². The van der Waals surface area contributed by atoms with Gasteiger partial charge in [0.25, 0.3) is 0 Å². The molecule has 4 nitrogen and oxygen atoms in total. The van der Waals surface area contributed by atoms with E-state index in [2.05, 4.69) is 28.0 Å². The number of nitrogens with zero attached hydrogens (tertiary/aromatic N) is 2. The Morgan fingerprint density at radius 2 is 2.00 bits per heavy atom. The van der Waals surface area contributed by atoms with Crippen molar-refractivity contribution in [1.82, 2.24) is 9.78 Å². The summed E-state index contributed by atoms with van der Waals surface area (Å²) in [7, 11) is 0. The molecular weight excluding hydrogens is 308 g/mol. The fourth-order valence-electron chi connectivity index (χ4n) is 1.65. The Balaban J connectivity index is 1.71. The molecule has 1 aromatic heterocycles. The van der Waals surface area contributed by atoms with Crippen molar-refractivity contribution >= 4 is 15.9 Å². The number of halogens is 1. The molecule has 2 aromatic rings. The quantitative estimate of drug-likeness (QED) is 0.731. The average molecular weight is 325 g/mol. The molecule has 0 unspecified atom stereocenters. The van der Waals surface area contributed by atoms with Gasteiger partial charge in [-0.2, -0.15) is 5.10 Å². The number of benzene rings is 1. The van der Waals surface area contributed by atoms with Gasteiger partial charge < -0.3 is 9.47 Å². The summed E-state index contributed by atoms with van der Waals surface area (Å²) in [5, 5.41) is 4.20. The van der Waals surface area contributed by atoms with Crippen molar-refractivity contribution in [2.24, 2.45) is 0 Å². The molecule has 0 amide bonds. The van der Waals surface area contributed by atoms with Crippen molar-refractivity contribution in [3.8, 4) is 11.5 Å². The molecule has 0 saturated heterocycles. The highest BCUT2D eigenvalue weighted by atomic mass is 79.9. The van der Waals surface area contributed by atoms with Gasteiger partial charge in [-0.25, -0.2) is 0 Å². The van der Waals surface area contributed by atoms with E-state index in [1.165, 1.54) is 0 Å². The highest BCUT2D eigenvalue weighted by Gasteiger charge is 1.99. The van der Waals surface area contributed by atoms with Crippen LogP contribution in [0.4, 0.5) is 0 Å². The van der Waals surface area contributed by atoms with Crippen LogP contribution in [0.15, 0.2) is 41.1 Å². The van der Waals surface area contributed by atoms with E-state index in [4.69, 9.17) is 9.47 Å². The summed E-state index contributed by atoms with van der Waals surface area (Å²) < 4.78 is 14.0. The first kappa shape index (κ1) is 13.9. The van der Waals surface area contributed by atoms with Crippen molar-refractivity contribution < 1.29 is 9.47 Å². The molecule has 2 rings (SSSR count). The minimum Gasteiger partial charge on any atom is -0.490 e.